The Morgan fingerprint density at radius 3 is 2.67 bits per heavy atom. The summed E-state index contributed by atoms with van der Waals surface area (Å²) in [5, 5.41) is 13.9. The fourth-order valence-corrected chi connectivity index (χ4v) is 1.92. The minimum absolute atomic E-state index is 0.0697. The summed E-state index contributed by atoms with van der Waals surface area (Å²) in [6, 6.07) is 4.21. The molecule has 1 atom stereocenters. The summed E-state index contributed by atoms with van der Waals surface area (Å²) in [6.45, 7) is 1.47. The van der Waals surface area contributed by atoms with Crippen molar-refractivity contribution in [1.29, 1.82) is 0 Å². The Balaban J connectivity index is 2.54. The monoisotopic (exact) mass is 250 g/mol. The second-order valence-corrected chi connectivity index (χ2v) is 3.90. The molecule has 0 fully saturated rings. The Bertz CT molecular complexity index is 554. The SMILES string of the molecule is CC1=C(C(=O)O)[C@@H](c2ccccc2F)NC(=O)N1. The number of carboxylic acid groups (broad SMARTS) is 1. The van der Waals surface area contributed by atoms with Crippen molar-refractivity contribution < 1.29 is 19.1 Å². The normalized spacial score (nSPS) is 19.2. The van der Waals surface area contributed by atoms with Gasteiger partial charge in [0.25, 0.3) is 0 Å². The molecular formula is C12H11FN2O3. The number of allylic oxidation sites excluding steroid dienone is 1. The number of rotatable bonds is 2. The fourth-order valence-electron chi connectivity index (χ4n) is 1.92. The van der Waals surface area contributed by atoms with Gasteiger partial charge in [0.05, 0.1) is 11.6 Å². The van der Waals surface area contributed by atoms with Crippen molar-refractivity contribution in [2.45, 2.75) is 13.0 Å². The molecule has 1 aliphatic heterocycles. The quantitative estimate of drug-likeness (QED) is 0.745. The first kappa shape index (κ1) is 12.1. The number of amides is 2. The molecule has 1 aliphatic rings. The lowest BCUT2D eigenvalue weighted by molar-refractivity contribution is -0.133. The maximum atomic E-state index is 13.7. The van der Waals surface area contributed by atoms with Crippen LogP contribution in [0.2, 0.25) is 0 Å². The summed E-state index contributed by atoms with van der Waals surface area (Å²) in [5.41, 5.74) is 0.267. The van der Waals surface area contributed by atoms with E-state index in [-0.39, 0.29) is 16.8 Å². The Kier molecular flexibility index (Phi) is 3.01. The molecule has 1 aromatic rings. The molecule has 0 saturated heterocycles. The van der Waals surface area contributed by atoms with Crippen LogP contribution < -0.4 is 10.6 Å². The van der Waals surface area contributed by atoms with E-state index >= 15 is 0 Å². The zero-order valence-corrected chi connectivity index (χ0v) is 9.53. The van der Waals surface area contributed by atoms with Gasteiger partial charge in [0.1, 0.15) is 5.82 Å². The van der Waals surface area contributed by atoms with Gasteiger partial charge in [-0.2, -0.15) is 0 Å². The molecule has 2 rings (SSSR count). The molecule has 6 heteroatoms. The third-order valence-electron chi connectivity index (χ3n) is 2.72. The van der Waals surface area contributed by atoms with Crippen LogP contribution in [0.3, 0.4) is 0 Å². The van der Waals surface area contributed by atoms with Gasteiger partial charge in [-0.25, -0.2) is 14.0 Å². The maximum Gasteiger partial charge on any atom is 0.335 e. The minimum Gasteiger partial charge on any atom is -0.478 e. The zero-order valence-electron chi connectivity index (χ0n) is 9.53. The summed E-state index contributed by atoms with van der Waals surface area (Å²) in [5.74, 6) is -1.76. The van der Waals surface area contributed by atoms with Gasteiger partial charge in [-0.05, 0) is 13.0 Å². The Labute approximate surface area is 102 Å². The second-order valence-electron chi connectivity index (χ2n) is 3.90. The summed E-state index contributed by atoms with van der Waals surface area (Å²) >= 11 is 0. The molecule has 2 amide bonds. The molecule has 3 N–H and O–H groups in total. The predicted octanol–water partition coefficient (Wildman–Crippen LogP) is 1.54. The molecule has 0 radical (unpaired) electrons. The lowest BCUT2D eigenvalue weighted by atomic mass is 9.95. The summed E-state index contributed by atoms with van der Waals surface area (Å²) < 4.78 is 13.7. The number of benzene rings is 1. The molecule has 18 heavy (non-hydrogen) atoms. The predicted molar refractivity (Wildman–Crippen MR) is 61.1 cm³/mol. The molecule has 94 valence electrons. The summed E-state index contributed by atoms with van der Waals surface area (Å²) in [7, 11) is 0. The largest absolute Gasteiger partial charge is 0.478 e. The minimum atomic E-state index is -1.20. The second kappa shape index (κ2) is 4.48. The van der Waals surface area contributed by atoms with Gasteiger partial charge in [0.15, 0.2) is 0 Å². The highest BCUT2D eigenvalue weighted by atomic mass is 19.1. The molecule has 0 unspecified atom stereocenters. The van der Waals surface area contributed by atoms with E-state index in [1.165, 1.54) is 25.1 Å². The molecular weight excluding hydrogens is 239 g/mol. The summed E-state index contributed by atoms with van der Waals surface area (Å²) in [6.07, 6.45) is 0. The number of halogens is 1. The maximum absolute atomic E-state index is 13.7. The van der Waals surface area contributed by atoms with E-state index in [4.69, 9.17) is 5.11 Å². The van der Waals surface area contributed by atoms with Gasteiger partial charge in [-0.1, -0.05) is 18.2 Å². The molecule has 1 heterocycles. The first-order valence-electron chi connectivity index (χ1n) is 5.26. The first-order valence-corrected chi connectivity index (χ1v) is 5.26. The van der Waals surface area contributed by atoms with Crippen LogP contribution in [0, 0.1) is 5.82 Å². The van der Waals surface area contributed by atoms with E-state index in [2.05, 4.69) is 10.6 Å². The van der Waals surface area contributed by atoms with Gasteiger partial charge in [0, 0.05) is 11.3 Å². The lowest BCUT2D eigenvalue weighted by Gasteiger charge is -2.27. The highest BCUT2D eigenvalue weighted by Gasteiger charge is 2.32. The zero-order chi connectivity index (χ0) is 13.3. The number of carbonyl (C=O) groups excluding carboxylic acids is 1. The van der Waals surface area contributed by atoms with Crippen molar-refractivity contribution in [1.82, 2.24) is 10.6 Å². The first-order chi connectivity index (χ1) is 8.50. The highest BCUT2D eigenvalue weighted by Crippen LogP contribution is 2.28. The van der Waals surface area contributed by atoms with E-state index in [0.717, 1.165) is 0 Å². The Morgan fingerprint density at radius 1 is 1.39 bits per heavy atom. The van der Waals surface area contributed by atoms with Crippen LogP contribution in [0.4, 0.5) is 9.18 Å². The molecule has 0 aliphatic carbocycles. The number of urea groups is 1. The Hall–Kier alpha value is -2.37. The van der Waals surface area contributed by atoms with Crippen LogP contribution in [-0.2, 0) is 4.79 Å². The van der Waals surface area contributed by atoms with Crippen molar-refractivity contribution in [3.05, 3.63) is 46.9 Å². The number of carboxylic acids is 1. The summed E-state index contributed by atoms with van der Waals surface area (Å²) in [4.78, 5) is 22.6. The average molecular weight is 250 g/mol. The van der Waals surface area contributed by atoms with E-state index < -0.39 is 23.9 Å². The third-order valence-corrected chi connectivity index (χ3v) is 2.72. The topological polar surface area (TPSA) is 78.4 Å². The van der Waals surface area contributed by atoms with Crippen LogP contribution in [0.5, 0.6) is 0 Å². The van der Waals surface area contributed by atoms with Gasteiger partial charge in [-0.15, -0.1) is 0 Å². The number of hydrogen-bond acceptors (Lipinski definition) is 2. The smallest absolute Gasteiger partial charge is 0.335 e. The molecule has 5 nitrogen and oxygen atoms in total. The van der Waals surface area contributed by atoms with Crippen LogP contribution >= 0.6 is 0 Å². The van der Waals surface area contributed by atoms with Crippen LogP contribution in [0.25, 0.3) is 0 Å². The van der Waals surface area contributed by atoms with E-state index in [0.29, 0.717) is 0 Å². The van der Waals surface area contributed by atoms with Crippen molar-refractivity contribution in [2.75, 3.05) is 0 Å². The molecule has 1 aromatic carbocycles. The average Bonchev–Trinajstić information content (AvgIpc) is 2.27. The van der Waals surface area contributed by atoms with Gasteiger partial charge >= 0.3 is 12.0 Å². The van der Waals surface area contributed by atoms with E-state index in [1.807, 2.05) is 0 Å². The fraction of sp³-hybridized carbons (Fsp3) is 0.167. The lowest BCUT2D eigenvalue weighted by Crippen LogP contribution is -2.45. The Morgan fingerprint density at radius 2 is 2.06 bits per heavy atom. The van der Waals surface area contributed by atoms with Crippen molar-refractivity contribution in [2.24, 2.45) is 0 Å². The number of nitrogens with one attached hydrogen (secondary N) is 2. The van der Waals surface area contributed by atoms with Crippen molar-refractivity contribution >= 4 is 12.0 Å². The van der Waals surface area contributed by atoms with Crippen molar-refractivity contribution in [3.8, 4) is 0 Å². The van der Waals surface area contributed by atoms with Gasteiger partial charge < -0.3 is 15.7 Å². The standard InChI is InChI=1S/C12H11FN2O3/c1-6-9(11(16)17)10(15-12(18)14-6)7-4-2-3-5-8(7)13/h2-5,10H,1H3,(H,16,17)(H2,14,15,18)/t10-/m1/s1. The molecule has 0 bridgehead atoms. The molecule has 0 spiro atoms. The van der Waals surface area contributed by atoms with E-state index in [9.17, 15) is 14.0 Å². The van der Waals surface area contributed by atoms with Crippen LogP contribution in [0.15, 0.2) is 35.5 Å². The van der Waals surface area contributed by atoms with E-state index in [1.54, 1.807) is 6.07 Å². The third kappa shape index (κ3) is 2.04. The van der Waals surface area contributed by atoms with Gasteiger partial charge in [-0.3, -0.25) is 0 Å². The number of hydrogen-bond donors (Lipinski definition) is 3. The van der Waals surface area contributed by atoms with Crippen molar-refractivity contribution in [3.63, 3.8) is 0 Å². The molecule has 0 aromatic heterocycles. The number of aliphatic carboxylic acids is 1. The van der Waals surface area contributed by atoms with Crippen LogP contribution in [0.1, 0.15) is 18.5 Å². The molecule has 0 saturated carbocycles. The van der Waals surface area contributed by atoms with Gasteiger partial charge in [0.2, 0.25) is 0 Å². The van der Waals surface area contributed by atoms with Crippen LogP contribution in [-0.4, -0.2) is 17.1 Å². The highest BCUT2D eigenvalue weighted by molar-refractivity contribution is 5.93. The number of carbonyl (C=O) groups is 2.